The molecule has 1 aliphatic rings. The van der Waals surface area contributed by atoms with Gasteiger partial charge in [0.1, 0.15) is 6.29 Å². The van der Waals surface area contributed by atoms with Gasteiger partial charge in [-0.3, -0.25) is 14.6 Å². The van der Waals surface area contributed by atoms with Gasteiger partial charge in [0.2, 0.25) is 11.8 Å². The molecule has 0 bridgehead atoms. The first-order chi connectivity index (χ1) is 14.4. The predicted molar refractivity (Wildman–Crippen MR) is 116 cm³/mol. The summed E-state index contributed by atoms with van der Waals surface area (Å²) in [6.07, 6.45) is 4.93. The fourth-order valence-corrected chi connectivity index (χ4v) is 3.94. The van der Waals surface area contributed by atoms with Gasteiger partial charge >= 0.3 is 0 Å². The van der Waals surface area contributed by atoms with Gasteiger partial charge in [-0.25, -0.2) is 0 Å². The lowest BCUT2D eigenvalue weighted by atomic mass is 9.77. The van der Waals surface area contributed by atoms with Gasteiger partial charge in [-0.05, 0) is 31.2 Å². The topological polar surface area (TPSA) is 131 Å². The van der Waals surface area contributed by atoms with Crippen LogP contribution in [-0.2, 0) is 20.9 Å². The molecule has 2 amide bonds. The highest BCUT2D eigenvalue weighted by Crippen LogP contribution is 2.32. The van der Waals surface area contributed by atoms with Crippen LogP contribution in [-0.4, -0.2) is 48.6 Å². The summed E-state index contributed by atoms with van der Waals surface area (Å²) in [6, 6.07) is 9.17. The highest BCUT2D eigenvalue weighted by molar-refractivity contribution is 5.89. The Hall–Kier alpha value is -2.90. The molecule has 2 rings (SSSR count). The second-order valence-corrected chi connectivity index (χ2v) is 7.88. The van der Waals surface area contributed by atoms with Crippen LogP contribution >= 0.6 is 0 Å². The maximum Gasteiger partial charge on any atom is 0.226 e. The second-order valence-electron chi connectivity index (χ2n) is 7.88. The molecule has 0 radical (unpaired) electrons. The number of carbonyl (C=O) groups excluding carboxylic acids is 3. The van der Waals surface area contributed by atoms with Crippen molar-refractivity contribution < 1.29 is 14.4 Å². The van der Waals surface area contributed by atoms with Crippen molar-refractivity contribution in [2.45, 2.75) is 51.1 Å². The fourth-order valence-electron chi connectivity index (χ4n) is 3.94. The minimum atomic E-state index is -0.605. The number of aldehydes is 1. The largest absolute Gasteiger partial charge is 0.370 e. The number of guanidine groups is 1. The van der Waals surface area contributed by atoms with E-state index in [2.05, 4.69) is 10.3 Å². The molecule has 8 nitrogen and oxygen atoms in total. The van der Waals surface area contributed by atoms with E-state index in [9.17, 15) is 14.4 Å². The van der Waals surface area contributed by atoms with Crippen LogP contribution in [0.5, 0.6) is 0 Å². The van der Waals surface area contributed by atoms with Gasteiger partial charge in [-0.1, -0.05) is 43.2 Å². The van der Waals surface area contributed by atoms with E-state index in [0.717, 1.165) is 24.7 Å². The Labute approximate surface area is 178 Å². The highest BCUT2D eigenvalue weighted by atomic mass is 16.2. The molecule has 0 saturated heterocycles. The molecule has 5 N–H and O–H groups in total. The van der Waals surface area contributed by atoms with Crippen LogP contribution in [0.1, 0.15) is 44.1 Å². The molecule has 1 fully saturated rings. The third-order valence-corrected chi connectivity index (χ3v) is 5.52. The highest BCUT2D eigenvalue weighted by Gasteiger charge is 2.37. The SMILES string of the molecule is CN(Cc1ccccc1)C(=O)[C@H]1CCCC[C@@H]1C(=O)N[C@@H](C=O)CCCN=C(N)N. The molecule has 0 spiro atoms. The maximum atomic E-state index is 13.1. The van der Waals surface area contributed by atoms with Gasteiger partial charge < -0.3 is 26.5 Å². The molecule has 0 unspecified atom stereocenters. The Morgan fingerprint density at radius 3 is 2.50 bits per heavy atom. The van der Waals surface area contributed by atoms with Crippen molar-refractivity contribution >= 4 is 24.1 Å². The summed E-state index contributed by atoms with van der Waals surface area (Å²) in [7, 11) is 1.77. The third-order valence-electron chi connectivity index (χ3n) is 5.52. The fraction of sp³-hybridized carbons (Fsp3) is 0.545. The summed E-state index contributed by atoms with van der Waals surface area (Å²) >= 11 is 0. The van der Waals surface area contributed by atoms with Crippen LogP contribution in [0.25, 0.3) is 0 Å². The molecular formula is C22H33N5O3. The Balaban J connectivity index is 1.95. The Bertz CT molecular complexity index is 734. The molecule has 3 atom stereocenters. The van der Waals surface area contributed by atoms with Crippen molar-refractivity contribution in [3.63, 3.8) is 0 Å². The smallest absolute Gasteiger partial charge is 0.226 e. The standard InChI is InChI=1S/C22H33N5O3/c1-27(14-16-8-3-2-4-9-16)21(30)19-12-6-5-11-18(19)20(29)26-17(15-28)10-7-13-25-22(23)24/h2-4,8-9,15,17-19H,5-7,10-14H2,1H3,(H,26,29)(H4,23,24,25)/t17-,18+,19+/m1/s1. The molecule has 30 heavy (non-hydrogen) atoms. The van der Waals surface area contributed by atoms with E-state index < -0.39 is 12.0 Å². The maximum absolute atomic E-state index is 13.1. The first-order valence-electron chi connectivity index (χ1n) is 10.5. The summed E-state index contributed by atoms with van der Waals surface area (Å²) < 4.78 is 0. The first kappa shape index (κ1) is 23.4. The number of nitrogens with two attached hydrogens (primary N) is 2. The number of hydrogen-bond acceptors (Lipinski definition) is 4. The zero-order valence-electron chi connectivity index (χ0n) is 17.6. The summed E-state index contributed by atoms with van der Waals surface area (Å²) in [5.74, 6) is -1.01. The Morgan fingerprint density at radius 2 is 1.87 bits per heavy atom. The van der Waals surface area contributed by atoms with Crippen LogP contribution in [0, 0.1) is 11.8 Å². The van der Waals surface area contributed by atoms with E-state index >= 15 is 0 Å². The van der Waals surface area contributed by atoms with Crippen LogP contribution < -0.4 is 16.8 Å². The lowest BCUT2D eigenvalue weighted by Crippen LogP contribution is -2.47. The molecule has 1 aliphatic carbocycles. The van der Waals surface area contributed by atoms with Gasteiger partial charge in [-0.2, -0.15) is 0 Å². The van der Waals surface area contributed by atoms with E-state index in [-0.39, 0.29) is 23.7 Å². The van der Waals surface area contributed by atoms with Crippen LogP contribution in [0.4, 0.5) is 0 Å². The lowest BCUT2D eigenvalue weighted by Gasteiger charge is -2.33. The molecule has 0 aromatic heterocycles. The van der Waals surface area contributed by atoms with Crippen LogP contribution in [0.2, 0.25) is 0 Å². The summed E-state index contributed by atoms with van der Waals surface area (Å²) in [6.45, 7) is 0.906. The van der Waals surface area contributed by atoms with Gasteiger partial charge in [0, 0.05) is 32.0 Å². The minimum Gasteiger partial charge on any atom is -0.370 e. The lowest BCUT2D eigenvalue weighted by molar-refractivity contribution is -0.143. The molecule has 1 aromatic carbocycles. The number of aliphatic imine (C=N–C) groups is 1. The van der Waals surface area contributed by atoms with Gasteiger partial charge in [-0.15, -0.1) is 0 Å². The third kappa shape index (κ3) is 7.17. The number of benzene rings is 1. The molecule has 1 saturated carbocycles. The van der Waals surface area contributed by atoms with Gasteiger partial charge in [0.15, 0.2) is 5.96 Å². The number of nitrogens with zero attached hydrogens (tertiary/aromatic N) is 2. The van der Waals surface area contributed by atoms with E-state index in [4.69, 9.17) is 11.5 Å². The van der Waals surface area contributed by atoms with E-state index in [1.54, 1.807) is 11.9 Å². The molecule has 0 aliphatic heterocycles. The summed E-state index contributed by atoms with van der Waals surface area (Å²) in [5.41, 5.74) is 11.6. The predicted octanol–water partition coefficient (Wildman–Crippen LogP) is 1.19. The first-order valence-corrected chi connectivity index (χ1v) is 10.5. The van der Waals surface area contributed by atoms with Gasteiger partial charge in [0.05, 0.1) is 6.04 Å². The van der Waals surface area contributed by atoms with E-state index in [1.165, 1.54) is 0 Å². The minimum absolute atomic E-state index is 0.00451. The molecular weight excluding hydrogens is 382 g/mol. The zero-order chi connectivity index (χ0) is 21.9. The molecule has 8 heteroatoms. The molecule has 1 aromatic rings. The van der Waals surface area contributed by atoms with Crippen molar-refractivity contribution in [3.05, 3.63) is 35.9 Å². The van der Waals surface area contributed by atoms with Crippen LogP contribution in [0.3, 0.4) is 0 Å². The average molecular weight is 416 g/mol. The number of rotatable bonds is 10. The van der Waals surface area contributed by atoms with Crippen molar-refractivity contribution in [2.75, 3.05) is 13.6 Å². The van der Waals surface area contributed by atoms with Crippen molar-refractivity contribution in [1.82, 2.24) is 10.2 Å². The van der Waals surface area contributed by atoms with Crippen molar-refractivity contribution in [1.29, 1.82) is 0 Å². The number of nitrogens with one attached hydrogen (secondary N) is 1. The summed E-state index contributed by atoms with van der Waals surface area (Å²) in [5, 5.41) is 2.81. The average Bonchev–Trinajstić information content (AvgIpc) is 2.75. The number of hydrogen-bond donors (Lipinski definition) is 3. The number of carbonyl (C=O) groups is 3. The quantitative estimate of drug-likeness (QED) is 0.229. The second kappa shape index (κ2) is 11.9. The van der Waals surface area contributed by atoms with Gasteiger partial charge in [0.25, 0.3) is 0 Å². The van der Waals surface area contributed by atoms with Crippen LogP contribution in [0.15, 0.2) is 35.3 Å². The van der Waals surface area contributed by atoms with E-state index in [0.29, 0.717) is 38.8 Å². The summed E-state index contributed by atoms with van der Waals surface area (Å²) in [4.78, 5) is 43.0. The zero-order valence-corrected chi connectivity index (χ0v) is 17.6. The number of amides is 2. The monoisotopic (exact) mass is 415 g/mol. The molecule has 164 valence electrons. The van der Waals surface area contributed by atoms with Crippen molar-refractivity contribution in [2.24, 2.45) is 28.3 Å². The normalized spacial score (nSPS) is 19.4. The Kier molecular flexibility index (Phi) is 9.31. The Morgan fingerprint density at radius 1 is 1.20 bits per heavy atom. The molecule has 0 heterocycles. The van der Waals surface area contributed by atoms with Crippen molar-refractivity contribution in [3.8, 4) is 0 Å². The van der Waals surface area contributed by atoms with E-state index in [1.807, 2.05) is 30.3 Å².